The first-order chi connectivity index (χ1) is 12.3. The minimum Gasteiger partial charge on any atom is -0.294 e. The third-order valence-electron chi connectivity index (χ3n) is 4.09. The Morgan fingerprint density at radius 2 is 1.88 bits per heavy atom. The van der Waals surface area contributed by atoms with Gasteiger partial charge < -0.3 is 0 Å². The number of rotatable bonds is 5. The zero-order chi connectivity index (χ0) is 18.9. The predicted molar refractivity (Wildman–Crippen MR) is 107 cm³/mol. The van der Waals surface area contributed by atoms with Crippen LogP contribution in [0.15, 0.2) is 35.1 Å². The van der Waals surface area contributed by atoms with Crippen molar-refractivity contribution in [3.8, 4) is 0 Å². The molecule has 0 saturated carbocycles. The van der Waals surface area contributed by atoms with Crippen molar-refractivity contribution in [2.45, 2.75) is 46.2 Å². The van der Waals surface area contributed by atoms with Crippen molar-refractivity contribution < 1.29 is 0 Å². The van der Waals surface area contributed by atoms with Gasteiger partial charge in [0.1, 0.15) is 5.01 Å². The maximum Gasteiger partial charge on any atom is 0.275 e. The Kier molecular flexibility index (Phi) is 5.46. The first-order valence-corrected chi connectivity index (χ1v) is 9.83. The summed E-state index contributed by atoms with van der Waals surface area (Å²) in [4.78, 5) is 20.0. The van der Waals surface area contributed by atoms with Crippen LogP contribution < -0.4 is 5.56 Å². The summed E-state index contributed by atoms with van der Waals surface area (Å²) in [5, 5.41) is 6.08. The molecular formula is C19H23ClN4OS. The predicted octanol–water partition coefficient (Wildman–Crippen LogP) is 4.12. The molecule has 0 amide bonds. The highest BCUT2D eigenvalue weighted by Gasteiger charge is 2.20. The van der Waals surface area contributed by atoms with E-state index in [4.69, 9.17) is 11.6 Å². The largest absolute Gasteiger partial charge is 0.294 e. The lowest BCUT2D eigenvalue weighted by atomic mass is 9.98. The van der Waals surface area contributed by atoms with Crippen molar-refractivity contribution in [2.24, 2.45) is 0 Å². The second-order valence-corrected chi connectivity index (χ2v) is 8.76. The molecule has 0 aliphatic rings. The summed E-state index contributed by atoms with van der Waals surface area (Å²) in [5.74, 6) is 0. The molecule has 5 nitrogen and oxygen atoms in total. The van der Waals surface area contributed by atoms with E-state index < -0.39 is 0 Å². The van der Waals surface area contributed by atoms with Gasteiger partial charge in [-0.15, -0.1) is 0 Å². The smallest absolute Gasteiger partial charge is 0.275 e. The molecule has 0 N–H and O–H groups in total. The Hall–Kier alpha value is -1.76. The Morgan fingerprint density at radius 1 is 1.19 bits per heavy atom. The van der Waals surface area contributed by atoms with E-state index in [1.54, 1.807) is 6.07 Å². The Labute approximate surface area is 162 Å². The fourth-order valence-corrected chi connectivity index (χ4v) is 3.70. The molecule has 0 saturated heterocycles. The number of benzene rings is 1. The summed E-state index contributed by atoms with van der Waals surface area (Å²) in [5.41, 5.74) is 1.73. The van der Waals surface area contributed by atoms with E-state index in [1.807, 2.05) is 24.3 Å². The van der Waals surface area contributed by atoms with E-state index in [9.17, 15) is 4.79 Å². The van der Waals surface area contributed by atoms with Crippen LogP contribution in [-0.2, 0) is 18.5 Å². The van der Waals surface area contributed by atoms with Crippen molar-refractivity contribution in [3.63, 3.8) is 0 Å². The second-order valence-electron chi connectivity index (χ2n) is 7.37. The average Bonchev–Trinajstić information content (AvgIpc) is 3.01. The molecule has 2 heterocycles. The summed E-state index contributed by atoms with van der Waals surface area (Å²) in [6, 6.07) is 9.42. The number of nitrogens with zero attached hydrogens (tertiary/aromatic N) is 4. The van der Waals surface area contributed by atoms with Gasteiger partial charge in [0.25, 0.3) is 5.56 Å². The SMILES string of the molecule is CCN(Cc1ccc(Cl)cc1)Cc1cc(=O)n2nc(C(C)(C)C)sc2n1. The normalized spacial score (nSPS) is 12.2. The van der Waals surface area contributed by atoms with E-state index in [2.05, 4.69) is 42.7 Å². The Balaban J connectivity index is 1.84. The topological polar surface area (TPSA) is 50.5 Å². The van der Waals surface area contributed by atoms with Crippen molar-refractivity contribution in [1.29, 1.82) is 0 Å². The van der Waals surface area contributed by atoms with Crippen LogP contribution in [0.5, 0.6) is 0 Å². The van der Waals surface area contributed by atoms with E-state index in [0.717, 1.165) is 28.8 Å². The zero-order valence-corrected chi connectivity index (χ0v) is 17.1. The number of fused-ring (bicyclic) bond motifs is 1. The van der Waals surface area contributed by atoms with Gasteiger partial charge in [-0.1, -0.05) is 62.8 Å². The van der Waals surface area contributed by atoms with Gasteiger partial charge in [-0.3, -0.25) is 9.69 Å². The molecular weight excluding hydrogens is 368 g/mol. The molecule has 2 aromatic heterocycles. The van der Waals surface area contributed by atoms with Gasteiger partial charge in [-0.2, -0.15) is 9.61 Å². The van der Waals surface area contributed by atoms with Gasteiger partial charge in [0, 0.05) is 29.6 Å². The van der Waals surface area contributed by atoms with E-state index >= 15 is 0 Å². The van der Waals surface area contributed by atoms with Gasteiger partial charge >= 0.3 is 0 Å². The summed E-state index contributed by atoms with van der Waals surface area (Å²) in [6.07, 6.45) is 0. The van der Waals surface area contributed by atoms with Gasteiger partial charge in [0.15, 0.2) is 0 Å². The standard InChI is InChI=1S/C19H23ClN4OS/c1-5-23(11-13-6-8-14(20)9-7-13)12-15-10-16(25)24-18(21-15)26-17(22-24)19(2,3)4/h6-10H,5,11-12H2,1-4H3. The first-order valence-electron chi connectivity index (χ1n) is 8.63. The average molecular weight is 391 g/mol. The highest BCUT2D eigenvalue weighted by Crippen LogP contribution is 2.26. The van der Waals surface area contributed by atoms with Crippen molar-refractivity contribution in [3.05, 3.63) is 62.0 Å². The van der Waals surface area contributed by atoms with Crippen molar-refractivity contribution in [1.82, 2.24) is 19.5 Å². The molecule has 0 spiro atoms. The van der Waals surface area contributed by atoms with Gasteiger partial charge in [0.2, 0.25) is 4.96 Å². The molecule has 0 fully saturated rings. The summed E-state index contributed by atoms with van der Waals surface area (Å²) >= 11 is 7.43. The molecule has 0 bridgehead atoms. The lowest BCUT2D eigenvalue weighted by Gasteiger charge is -2.20. The lowest BCUT2D eigenvalue weighted by Crippen LogP contribution is -2.25. The van der Waals surface area contributed by atoms with Crippen LogP contribution in [0, 0.1) is 0 Å². The number of hydrogen-bond donors (Lipinski definition) is 0. The Morgan fingerprint density at radius 3 is 2.50 bits per heavy atom. The number of halogens is 1. The number of aromatic nitrogens is 3. The van der Waals surface area contributed by atoms with Crippen LogP contribution in [-0.4, -0.2) is 26.0 Å². The van der Waals surface area contributed by atoms with Crippen LogP contribution in [0.2, 0.25) is 5.02 Å². The van der Waals surface area contributed by atoms with Crippen LogP contribution in [0.25, 0.3) is 4.96 Å². The van der Waals surface area contributed by atoms with Crippen LogP contribution >= 0.6 is 22.9 Å². The van der Waals surface area contributed by atoms with E-state index in [-0.39, 0.29) is 11.0 Å². The zero-order valence-electron chi connectivity index (χ0n) is 15.5. The first kappa shape index (κ1) is 19.0. The minimum atomic E-state index is -0.126. The molecule has 0 unspecified atom stereocenters. The van der Waals surface area contributed by atoms with Crippen LogP contribution in [0.1, 0.15) is 44.0 Å². The second kappa shape index (κ2) is 7.47. The van der Waals surface area contributed by atoms with E-state index in [1.165, 1.54) is 21.4 Å². The molecule has 1 aromatic carbocycles. The van der Waals surface area contributed by atoms with Crippen molar-refractivity contribution in [2.75, 3.05) is 6.54 Å². The third kappa shape index (κ3) is 4.31. The molecule has 138 valence electrons. The monoisotopic (exact) mass is 390 g/mol. The third-order valence-corrected chi connectivity index (χ3v) is 5.68. The molecule has 26 heavy (non-hydrogen) atoms. The highest BCUT2D eigenvalue weighted by atomic mass is 35.5. The maximum atomic E-state index is 12.4. The van der Waals surface area contributed by atoms with Crippen molar-refractivity contribution >= 4 is 27.9 Å². The molecule has 3 aromatic rings. The number of hydrogen-bond acceptors (Lipinski definition) is 5. The van der Waals surface area contributed by atoms with Crippen LogP contribution in [0.4, 0.5) is 0 Å². The Bertz CT molecular complexity index is 956. The molecule has 3 rings (SSSR count). The summed E-state index contributed by atoms with van der Waals surface area (Å²) in [6.45, 7) is 10.6. The fourth-order valence-electron chi connectivity index (χ4n) is 2.60. The lowest BCUT2D eigenvalue weighted by molar-refractivity contribution is 0.268. The van der Waals surface area contributed by atoms with Gasteiger partial charge in [0.05, 0.1) is 5.69 Å². The molecule has 7 heteroatoms. The minimum absolute atomic E-state index is 0.102. The summed E-state index contributed by atoms with van der Waals surface area (Å²) < 4.78 is 1.41. The molecule has 0 atom stereocenters. The molecule has 0 aliphatic carbocycles. The fraction of sp³-hybridized carbons (Fsp3) is 0.421. The summed E-state index contributed by atoms with van der Waals surface area (Å²) in [7, 11) is 0. The quantitative estimate of drug-likeness (QED) is 0.657. The molecule has 0 radical (unpaired) electrons. The van der Waals surface area contributed by atoms with Gasteiger partial charge in [-0.25, -0.2) is 4.98 Å². The maximum absolute atomic E-state index is 12.4. The van der Waals surface area contributed by atoms with E-state index in [0.29, 0.717) is 11.5 Å². The van der Waals surface area contributed by atoms with Crippen LogP contribution in [0.3, 0.4) is 0 Å². The molecule has 0 aliphatic heterocycles. The van der Waals surface area contributed by atoms with Gasteiger partial charge in [-0.05, 0) is 24.2 Å². The highest BCUT2D eigenvalue weighted by molar-refractivity contribution is 7.16.